The molecule has 1 saturated heterocycles. The highest BCUT2D eigenvalue weighted by atomic mass is 16.6. The Morgan fingerprint density at radius 1 is 1.53 bits per heavy atom. The van der Waals surface area contributed by atoms with Crippen LogP contribution in [0.5, 0.6) is 0 Å². The summed E-state index contributed by atoms with van der Waals surface area (Å²) in [5.74, 6) is 0.303. The molecule has 0 unspecified atom stereocenters. The average Bonchev–Trinajstić information content (AvgIpc) is 1.98. The number of amides is 1. The standard InChI is InChI=1S/C11H16N2O2/c1-11(2,3)15-10(14)13-7-9(8-13)5-4-6-12/h4-5,9H,7-8H2,1-3H3/b5-4-. The average molecular weight is 208 g/mol. The lowest BCUT2D eigenvalue weighted by Gasteiger charge is -2.38. The summed E-state index contributed by atoms with van der Waals surface area (Å²) in [6.45, 7) is 6.83. The maximum absolute atomic E-state index is 11.5. The van der Waals surface area contributed by atoms with E-state index in [1.165, 1.54) is 6.08 Å². The van der Waals surface area contributed by atoms with Crippen molar-refractivity contribution < 1.29 is 9.53 Å². The molecule has 0 radical (unpaired) electrons. The number of hydrogen-bond donors (Lipinski definition) is 0. The van der Waals surface area contributed by atoms with Gasteiger partial charge in [0.25, 0.3) is 0 Å². The molecule has 0 saturated carbocycles. The van der Waals surface area contributed by atoms with E-state index >= 15 is 0 Å². The molecule has 1 amide bonds. The van der Waals surface area contributed by atoms with Gasteiger partial charge >= 0.3 is 6.09 Å². The molecule has 82 valence electrons. The summed E-state index contributed by atoms with van der Waals surface area (Å²) in [6.07, 6.45) is 3.00. The Kier molecular flexibility index (Phi) is 3.35. The van der Waals surface area contributed by atoms with Gasteiger partial charge in [-0.05, 0) is 20.8 Å². The number of carbonyl (C=O) groups is 1. The summed E-state index contributed by atoms with van der Waals surface area (Å²) in [4.78, 5) is 13.1. The zero-order valence-electron chi connectivity index (χ0n) is 9.36. The van der Waals surface area contributed by atoms with Crippen LogP contribution in [-0.2, 0) is 4.74 Å². The number of nitriles is 1. The number of carbonyl (C=O) groups excluding carboxylic acids is 1. The van der Waals surface area contributed by atoms with Crippen LogP contribution in [0.2, 0.25) is 0 Å². The Morgan fingerprint density at radius 3 is 2.60 bits per heavy atom. The van der Waals surface area contributed by atoms with E-state index in [4.69, 9.17) is 10.00 Å². The third kappa shape index (κ3) is 3.62. The summed E-state index contributed by atoms with van der Waals surface area (Å²) >= 11 is 0. The maximum Gasteiger partial charge on any atom is 0.410 e. The normalized spacial score (nSPS) is 17.3. The van der Waals surface area contributed by atoms with Gasteiger partial charge < -0.3 is 9.64 Å². The van der Waals surface area contributed by atoms with Gasteiger partial charge in [-0.3, -0.25) is 0 Å². The summed E-state index contributed by atoms with van der Waals surface area (Å²) in [5, 5.41) is 8.32. The predicted octanol–water partition coefficient (Wildman–Crippen LogP) is 1.93. The van der Waals surface area contributed by atoms with E-state index in [1.807, 2.05) is 32.9 Å². The molecular formula is C11H16N2O2. The number of hydrogen-bond acceptors (Lipinski definition) is 3. The molecule has 1 fully saturated rings. The summed E-state index contributed by atoms with van der Waals surface area (Å²) in [5.41, 5.74) is -0.440. The zero-order chi connectivity index (χ0) is 11.5. The van der Waals surface area contributed by atoms with Crippen LogP contribution in [-0.4, -0.2) is 29.7 Å². The lowest BCUT2D eigenvalue weighted by molar-refractivity contribution is 0.00493. The van der Waals surface area contributed by atoms with E-state index < -0.39 is 5.60 Å². The molecule has 0 bridgehead atoms. The first kappa shape index (κ1) is 11.6. The maximum atomic E-state index is 11.5. The fourth-order valence-corrected chi connectivity index (χ4v) is 1.29. The molecule has 1 heterocycles. The smallest absolute Gasteiger partial charge is 0.410 e. The fraction of sp³-hybridized carbons (Fsp3) is 0.636. The monoisotopic (exact) mass is 208 g/mol. The third-order valence-corrected chi connectivity index (χ3v) is 2.00. The third-order valence-electron chi connectivity index (χ3n) is 2.00. The number of rotatable bonds is 1. The molecule has 0 N–H and O–H groups in total. The molecule has 0 aromatic carbocycles. The quantitative estimate of drug-likeness (QED) is 0.619. The van der Waals surface area contributed by atoms with Gasteiger partial charge in [0.1, 0.15) is 5.60 Å². The first-order valence-electron chi connectivity index (χ1n) is 4.96. The summed E-state index contributed by atoms with van der Waals surface area (Å²) in [6, 6.07) is 1.93. The van der Waals surface area contributed by atoms with Crippen molar-refractivity contribution >= 4 is 6.09 Å². The Bertz CT molecular complexity index is 304. The molecular weight excluding hydrogens is 192 g/mol. The number of ether oxygens (including phenoxy) is 1. The van der Waals surface area contributed by atoms with Gasteiger partial charge in [-0.25, -0.2) is 4.79 Å². The van der Waals surface area contributed by atoms with Gasteiger partial charge in [-0.1, -0.05) is 6.08 Å². The Balaban J connectivity index is 2.30. The second-order valence-corrected chi connectivity index (χ2v) is 4.63. The van der Waals surface area contributed by atoms with Gasteiger partial charge in [0.15, 0.2) is 0 Å². The first-order chi connectivity index (χ1) is 6.92. The molecule has 4 heteroatoms. The minimum atomic E-state index is -0.440. The van der Waals surface area contributed by atoms with E-state index in [-0.39, 0.29) is 6.09 Å². The van der Waals surface area contributed by atoms with Crippen LogP contribution in [0.1, 0.15) is 20.8 Å². The molecule has 0 atom stereocenters. The van der Waals surface area contributed by atoms with E-state index in [0.29, 0.717) is 19.0 Å². The Morgan fingerprint density at radius 2 is 2.13 bits per heavy atom. The molecule has 1 aliphatic rings. The first-order valence-corrected chi connectivity index (χ1v) is 4.96. The van der Waals surface area contributed by atoms with Crippen LogP contribution in [0.25, 0.3) is 0 Å². The lowest BCUT2D eigenvalue weighted by atomic mass is 10.0. The highest BCUT2D eigenvalue weighted by Crippen LogP contribution is 2.20. The van der Waals surface area contributed by atoms with Crippen LogP contribution < -0.4 is 0 Å². The minimum absolute atomic E-state index is 0.274. The second-order valence-electron chi connectivity index (χ2n) is 4.63. The molecule has 0 aromatic heterocycles. The fourth-order valence-electron chi connectivity index (χ4n) is 1.29. The van der Waals surface area contributed by atoms with Crippen LogP contribution in [0.4, 0.5) is 4.79 Å². The van der Waals surface area contributed by atoms with Crippen molar-refractivity contribution in [3.05, 3.63) is 12.2 Å². The van der Waals surface area contributed by atoms with Crippen molar-refractivity contribution in [3.63, 3.8) is 0 Å². The van der Waals surface area contributed by atoms with E-state index in [0.717, 1.165) is 0 Å². The van der Waals surface area contributed by atoms with Crippen molar-refractivity contribution in [3.8, 4) is 6.07 Å². The van der Waals surface area contributed by atoms with Crippen molar-refractivity contribution in [1.82, 2.24) is 4.90 Å². The van der Waals surface area contributed by atoms with E-state index in [2.05, 4.69) is 0 Å². The molecule has 1 aliphatic heterocycles. The number of likely N-dealkylation sites (tertiary alicyclic amines) is 1. The molecule has 0 aromatic rings. The zero-order valence-corrected chi connectivity index (χ0v) is 9.36. The molecule has 1 rings (SSSR count). The minimum Gasteiger partial charge on any atom is -0.444 e. The van der Waals surface area contributed by atoms with Crippen molar-refractivity contribution in [2.24, 2.45) is 5.92 Å². The van der Waals surface area contributed by atoms with Crippen molar-refractivity contribution in [2.75, 3.05) is 13.1 Å². The SMILES string of the molecule is CC(C)(C)OC(=O)N1CC(/C=C\C#N)C1. The van der Waals surface area contributed by atoms with Gasteiger partial charge in [-0.15, -0.1) is 0 Å². The summed E-state index contributed by atoms with van der Waals surface area (Å²) in [7, 11) is 0. The Hall–Kier alpha value is -1.50. The molecule has 0 aliphatic carbocycles. The van der Waals surface area contributed by atoms with Crippen molar-refractivity contribution in [2.45, 2.75) is 26.4 Å². The molecule has 15 heavy (non-hydrogen) atoms. The Labute approximate surface area is 90.1 Å². The van der Waals surface area contributed by atoms with Gasteiger partial charge in [0.05, 0.1) is 6.07 Å². The lowest BCUT2D eigenvalue weighted by Crippen LogP contribution is -2.50. The number of nitrogens with zero attached hydrogens (tertiary/aromatic N) is 2. The van der Waals surface area contributed by atoms with Gasteiger partial charge in [-0.2, -0.15) is 5.26 Å². The topological polar surface area (TPSA) is 53.3 Å². The van der Waals surface area contributed by atoms with Crippen molar-refractivity contribution in [1.29, 1.82) is 5.26 Å². The van der Waals surface area contributed by atoms with Crippen LogP contribution in [0, 0.1) is 17.2 Å². The van der Waals surface area contributed by atoms with Crippen LogP contribution in [0.15, 0.2) is 12.2 Å². The van der Waals surface area contributed by atoms with E-state index in [9.17, 15) is 4.79 Å². The van der Waals surface area contributed by atoms with Gasteiger partial charge in [0.2, 0.25) is 0 Å². The second kappa shape index (κ2) is 4.35. The largest absolute Gasteiger partial charge is 0.444 e. The van der Waals surface area contributed by atoms with Gasteiger partial charge in [0, 0.05) is 25.1 Å². The van der Waals surface area contributed by atoms with Crippen LogP contribution >= 0.6 is 0 Å². The molecule has 0 spiro atoms. The summed E-state index contributed by atoms with van der Waals surface area (Å²) < 4.78 is 5.19. The van der Waals surface area contributed by atoms with Crippen LogP contribution in [0.3, 0.4) is 0 Å². The molecule has 4 nitrogen and oxygen atoms in total. The van der Waals surface area contributed by atoms with E-state index in [1.54, 1.807) is 4.90 Å². The predicted molar refractivity (Wildman–Crippen MR) is 56.1 cm³/mol. The highest BCUT2D eigenvalue weighted by Gasteiger charge is 2.31. The highest BCUT2D eigenvalue weighted by molar-refractivity contribution is 5.69. The number of allylic oxidation sites excluding steroid dienone is 1.